The number of nitrogens with zero attached hydrogens (tertiary/aromatic N) is 2. The lowest BCUT2D eigenvalue weighted by atomic mass is 9.78. The van der Waals surface area contributed by atoms with Crippen LogP contribution in [0.1, 0.15) is 44.6 Å². The van der Waals surface area contributed by atoms with Crippen molar-refractivity contribution in [3.05, 3.63) is 24.3 Å². The van der Waals surface area contributed by atoms with Crippen molar-refractivity contribution in [1.82, 2.24) is 15.3 Å². The highest BCUT2D eigenvalue weighted by molar-refractivity contribution is 5.15. The standard InChI is InChI=1S/C13H21N3O/c1-2-7-16-12-3-5-13(17,6-4-12)11-8-14-10-15-9-11/h8-10,12,16-17H,2-7H2,1H3. The smallest absolute Gasteiger partial charge is 0.115 e. The summed E-state index contributed by atoms with van der Waals surface area (Å²) in [7, 11) is 0. The highest BCUT2D eigenvalue weighted by Gasteiger charge is 2.34. The molecule has 1 saturated carbocycles. The third-order valence-corrected chi connectivity index (χ3v) is 3.59. The summed E-state index contributed by atoms with van der Waals surface area (Å²) in [6, 6.07) is 0.555. The zero-order valence-electron chi connectivity index (χ0n) is 10.4. The molecule has 0 unspecified atom stereocenters. The number of aliphatic hydroxyl groups is 1. The summed E-state index contributed by atoms with van der Waals surface area (Å²) in [5.74, 6) is 0. The van der Waals surface area contributed by atoms with Crippen molar-refractivity contribution in [2.75, 3.05) is 6.54 Å². The van der Waals surface area contributed by atoms with Gasteiger partial charge in [-0.1, -0.05) is 6.92 Å². The second-order valence-electron chi connectivity index (χ2n) is 4.89. The van der Waals surface area contributed by atoms with Gasteiger partial charge in [0.25, 0.3) is 0 Å². The molecule has 1 aliphatic carbocycles. The molecule has 0 amide bonds. The van der Waals surface area contributed by atoms with Gasteiger partial charge in [0.15, 0.2) is 0 Å². The number of rotatable bonds is 4. The van der Waals surface area contributed by atoms with Gasteiger partial charge in [0.2, 0.25) is 0 Å². The molecular formula is C13H21N3O. The molecule has 0 bridgehead atoms. The van der Waals surface area contributed by atoms with E-state index in [9.17, 15) is 5.11 Å². The lowest BCUT2D eigenvalue weighted by Gasteiger charge is -2.36. The van der Waals surface area contributed by atoms with Gasteiger partial charge in [-0.25, -0.2) is 9.97 Å². The molecule has 0 aromatic carbocycles. The fraction of sp³-hybridized carbons (Fsp3) is 0.692. The Bertz CT molecular complexity index is 334. The maximum Gasteiger partial charge on any atom is 0.115 e. The van der Waals surface area contributed by atoms with Crippen molar-refractivity contribution in [3.63, 3.8) is 0 Å². The van der Waals surface area contributed by atoms with E-state index in [1.165, 1.54) is 6.33 Å². The van der Waals surface area contributed by atoms with Gasteiger partial charge < -0.3 is 10.4 Å². The molecular weight excluding hydrogens is 214 g/mol. The topological polar surface area (TPSA) is 58.0 Å². The highest BCUT2D eigenvalue weighted by Crippen LogP contribution is 2.36. The number of aromatic nitrogens is 2. The number of hydrogen-bond acceptors (Lipinski definition) is 4. The third-order valence-electron chi connectivity index (χ3n) is 3.59. The molecule has 0 saturated heterocycles. The molecule has 2 N–H and O–H groups in total. The molecule has 2 rings (SSSR count). The quantitative estimate of drug-likeness (QED) is 0.832. The molecule has 94 valence electrons. The Morgan fingerprint density at radius 2 is 2.00 bits per heavy atom. The van der Waals surface area contributed by atoms with Crippen molar-refractivity contribution in [2.45, 2.75) is 50.7 Å². The fourth-order valence-corrected chi connectivity index (χ4v) is 2.48. The van der Waals surface area contributed by atoms with Crippen LogP contribution in [-0.4, -0.2) is 27.7 Å². The molecule has 0 atom stereocenters. The molecule has 1 aromatic rings. The van der Waals surface area contributed by atoms with E-state index in [2.05, 4.69) is 22.2 Å². The predicted molar refractivity (Wildman–Crippen MR) is 66.5 cm³/mol. The van der Waals surface area contributed by atoms with Crippen LogP contribution >= 0.6 is 0 Å². The van der Waals surface area contributed by atoms with E-state index < -0.39 is 5.60 Å². The first-order valence-corrected chi connectivity index (χ1v) is 6.46. The van der Waals surface area contributed by atoms with Gasteiger partial charge in [-0.2, -0.15) is 0 Å². The molecule has 1 fully saturated rings. The molecule has 4 nitrogen and oxygen atoms in total. The monoisotopic (exact) mass is 235 g/mol. The van der Waals surface area contributed by atoms with Crippen LogP contribution in [0, 0.1) is 0 Å². The van der Waals surface area contributed by atoms with Crippen molar-refractivity contribution in [1.29, 1.82) is 0 Å². The van der Waals surface area contributed by atoms with E-state index in [-0.39, 0.29) is 0 Å². The van der Waals surface area contributed by atoms with Crippen LogP contribution in [0.5, 0.6) is 0 Å². The van der Waals surface area contributed by atoms with Crippen LogP contribution in [0.3, 0.4) is 0 Å². The average Bonchev–Trinajstić information content (AvgIpc) is 2.39. The Balaban J connectivity index is 1.93. The molecule has 0 aliphatic heterocycles. The first-order chi connectivity index (χ1) is 8.24. The maximum absolute atomic E-state index is 10.6. The lowest BCUT2D eigenvalue weighted by molar-refractivity contribution is -0.00886. The van der Waals surface area contributed by atoms with Gasteiger partial charge in [-0.3, -0.25) is 0 Å². The Kier molecular flexibility index (Phi) is 4.07. The van der Waals surface area contributed by atoms with Gasteiger partial charge in [-0.15, -0.1) is 0 Å². The van der Waals surface area contributed by atoms with Crippen LogP contribution in [0.4, 0.5) is 0 Å². The van der Waals surface area contributed by atoms with E-state index in [1.54, 1.807) is 12.4 Å². The first-order valence-electron chi connectivity index (χ1n) is 6.46. The van der Waals surface area contributed by atoms with Crippen LogP contribution in [0.2, 0.25) is 0 Å². The molecule has 0 radical (unpaired) electrons. The first kappa shape index (κ1) is 12.5. The van der Waals surface area contributed by atoms with Gasteiger partial charge >= 0.3 is 0 Å². The molecule has 1 aliphatic rings. The van der Waals surface area contributed by atoms with Gasteiger partial charge in [0.05, 0.1) is 5.60 Å². The Labute approximate surface area is 102 Å². The SMILES string of the molecule is CCCNC1CCC(O)(c2cncnc2)CC1. The van der Waals surface area contributed by atoms with E-state index >= 15 is 0 Å². The summed E-state index contributed by atoms with van der Waals surface area (Å²) in [5.41, 5.74) is 0.139. The van der Waals surface area contributed by atoms with Crippen LogP contribution in [0.25, 0.3) is 0 Å². The predicted octanol–water partition coefficient (Wildman–Crippen LogP) is 1.61. The van der Waals surface area contributed by atoms with Crippen molar-refractivity contribution < 1.29 is 5.11 Å². The van der Waals surface area contributed by atoms with Crippen molar-refractivity contribution >= 4 is 0 Å². The third kappa shape index (κ3) is 3.01. The second-order valence-corrected chi connectivity index (χ2v) is 4.89. The summed E-state index contributed by atoms with van der Waals surface area (Å²) in [4.78, 5) is 7.97. The van der Waals surface area contributed by atoms with Gasteiger partial charge in [0, 0.05) is 24.0 Å². The van der Waals surface area contributed by atoms with E-state index in [4.69, 9.17) is 0 Å². The van der Waals surface area contributed by atoms with Crippen LogP contribution in [0.15, 0.2) is 18.7 Å². The van der Waals surface area contributed by atoms with Gasteiger partial charge in [-0.05, 0) is 38.6 Å². The second kappa shape index (κ2) is 5.56. The summed E-state index contributed by atoms with van der Waals surface area (Å²) in [6.45, 7) is 3.24. The van der Waals surface area contributed by atoms with Crippen LogP contribution in [-0.2, 0) is 5.60 Å². The fourth-order valence-electron chi connectivity index (χ4n) is 2.48. The molecule has 4 heteroatoms. The van der Waals surface area contributed by atoms with Gasteiger partial charge in [0.1, 0.15) is 6.33 Å². The summed E-state index contributed by atoms with van der Waals surface area (Å²) in [5, 5.41) is 14.1. The zero-order chi connectivity index (χ0) is 12.1. The minimum absolute atomic E-state index is 0.555. The van der Waals surface area contributed by atoms with Crippen molar-refractivity contribution in [2.24, 2.45) is 0 Å². The molecule has 1 aromatic heterocycles. The minimum atomic E-state index is -0.717. The summed E-state index contributed by atoms with van der Waals surface area (Å²) < 4.78 is 0. The number of hydrogen-bond donors (Lipinski definition) is 2. The average molecular weight is 235 g/mol. The van der Waals surface area contributed by atoms with E-state index in [0.717, 1.165) is 44.2 Å². The largest absolute Gasteiger partial charge is 0.385 e. The Hall–Kier alpha value is -1.00. The molecule has 0 spiro atoms. The summed E-state index contributed by atoms with van der Waals surface area (Å²) in [6.07, 6.45) is 9.74. The normalized spacial score (nSPS) is 29.2. The Morgan fingerprint density at radius 3 is 2.59 bits per heavy atom. The summed E-state index contributed by atoms with van der Waals surface area (Å²) >= 11 is 0. The zero-order valence-corrected chi connectivity index (χ0v) is 10.4. The number of nitrogens with one attached hydrogen (secondary N) is 1. The lowest BCUT2D eigenvalue weighted by Crippen LogP contribution is -2.40. The Morgan fingerprint density at radius 1 is 1.35 bits per heavy atom. The van der Waals surface area contributed by atoms with E-state index in [0.29, 0.717) is 6.04 Å². The van der Waals surface area contributed by atoms with Crippen molar-refractivity contribution in [3.8, 4) is 0 Å². The van der Waals surface area contributed by atoms with Crippen LogP contribution < -0.4 is 5.32 Å². The molecule has 1 heterocycles. The minimum Gasteiger partial charge on any atom is -0.385 e. The maximum atomic E-state index is 10.6. The highest BCUT2D eigenvalue weighted by atomic mass is 16.3. The van der Waals surface area contributed by atoms with E-state index in [1.807, 2.05) is 0 Å². The molecule has 17 heavy (non-hydrogen) atoms.